The molecule has 5 nitrogen and oxygen atoms in total. The number of carbonyl (C=O) groups is 1. The summed E-state index contributed by atoms with van der Waals surface area (Å²) in [6.07, 6.45) is -2.98. The highest BCUT2D eigenvalue weighted by atomic mass is 19.4. The van der Waals surface area contributed by atoms with Gasteiger partial charge in [-0.15, -0.1) is 0 Å². The molecule has 0 saturated heterocycles. The lowest BCUT2D eigenvalue weighted by Crippen LogP contribution is -2.24. The molecule has 0 bridgehead atoms. The molecule has 2 N–H and O–H groups in total. The van der Waals surface area contributed by atoms with Gasteiger partial charge in [-0.1, -0.05) is 38.1 Å². The van der Waals surface area contributed by atoms with Gasteiger partial charge in [0.15, 0.2) is 0 Å². The molecule has 0 fully saturated rings. The summed E-state index contributed by atoms with van der Waals surface area (Å²) in [7, 11) is 1.60. The lowest BCUT2D eigenvalue weighted by Gasteiger charge is -2.20. The van der Waals surface area contributed by atoms with Gasteiger partial charge < -0.3 is 19.9 Å². The van der Waals surface area contributed by atoms with Crippen LogP contribution in [-0.4, -0.2) is 31.3 Å². The van der Waals surface area contributed by atoms with Crippen LogP contribution in [0.2, 0.25) is 0 Å². The second kappa shape index (κ2) is 13.5. The molecule has 0 radical (unpaired) electrons. The Bertz CT molecular complexity index is 1270. The molecular weight excluding hydrogens is 507 g/mol. The van der Waals surface area contributed by atoms with Crippen molar-refractivity contribution in [2.45, 2.75) is 58.7 Å². The van der Waals surface area contributed by atoms with Crippen molar-refractivity contribution >= 4 is 5.97 Å². The topological polar surface area (TPSA) is 67.8 Å². The average Bonchev–Trinajstić information content (AvgIpc) is 2.92. The van der Waals surface area contributed by atoms with Gasteiger partial charge in [-0.25, -0.2) is 0 Å². The van der Waals surface area contributed by atoms with Gasteiger partial charge in [0.25, 0.3) is 0 Å². The van der Waals surface area contributed by atoms with Crippen LogP contribution in [0.15, 0.2) is 54.6 Å². The van der Waals surface area contributed by atoms with E-state index < -0.39 is 17.7 Å². The number of aryl methyl sites for hydroxylation is 1. The molecule has 0 aromatic heterocycles. The van der Waals surface area contributed by atoms with Crippen LogP contribution >= 0.6 is 0 Å². The number of benzene rings is 3. The van der Waals surface area contributed by atoms with Gasteiger partial charge >= 0.3 is 12.1 Å². The normalized spacial score (nSPS) is 12.3. The predicted octanol–water partition coefficient (Wildman–Crippen LogP) is 7.25. The summed E-state index contributed by atoms with van der Waals surface area (Å²) in [6.45, 7) is 6.51. The third kappa shape index (κ3) is 7.99. The molecule has 0 saturated carbocycles. The first-order chi connectivity index (χ1) is 18.6. The standard InChI is InChI=1S/C31H36F3NO4/c1-5-21-10-11-29(27(6-2)28(21)12-13-30(36)37)23-16-24(31(32,33)34)19-26(18-23)39-15-14-35-20(3)22-8-7-9-25(17-22)38-4/h7-11,16-20,35H,5-6,12-15H2,1-4H3,(H,36,37)/t20-/m1/s1. The number of hydrogen-bond acceptors (Lipinski definition) is 4. The van der Waals surface area contributed by atoms with E-state index in [4.69, 9.17) is 9.47 Å². The van der Waals surface area contributed by atoms with Crippen molar-refractivity contribution in [1.29, 1.82) is 0 Å². The fourth-order valence-corrected chi connectivity index (χ4v) is 4.76. The minimum Gasteiger partial charge on any atom is -0.497 e. The molecule has 0 amide bonds. The monoisotopic (exact) mass is 543 g/mol. The minimum atomic E-state index is -4.55. The van der Waals surface area contributed by atoms with Gasteiger partial charge in [-0.2, -0.15) is 13.2 Å². The lowest BCUT2D eigenvalue weighted by atomic mass is 9.87. The van der Waals surface area contributed by atoms with E-state index >= 15 is 0 Å². The summed E-state index contributed by atoms with van der Waals surface area (Å²) in [5, 5.41) is 12.5. The lowest BCUT2D eigenvalue weighted by molar-refractivity contribution is -0.138. The Labute approximate surface area is 228 Å². The summed E-state index contributed by atoms with van der Waals surface area (Å²) in [5.41, 5.74) is 4.07. The van der Waals surface area contributed by atoms with Gasteiger partial charge in [0, 0.05) is 19.0 Å². The Kier molecular flexibility index (Phi) is 10.4. The number of carboxylic acids is 1. The Balaban J connectivity index is 1.86. The first-order valence-electron chi connectivity index (χ1n) is 13.2. The molecule has 3 rings (SSSR count). The van der Waals surface area contributed by atoms with E-state index in [2.05, 4.69) is 5.32 Å². The van der Waals surface area contributed by atoms with Gasteiger partial charge in [0.2, 0.25) is 0 Å². The van der Waals surface area contributed by atoms with Crippen LogP contribution in [-0.2, 0) is 30.2 Å². The predicted molar refractivity (Wildman–Crippen MR) is 146 cm³/mol. The van der Waals surface area contributed by atoms with Crippen molar-refractivity contribution in [3.05, 3.63) is 82.4 Å². The van der Waals surface area contributed by atoms with Gasteiger partial charge in [-0.05, 0) is 89.9 Å². The number of ether oxygens (including phenoxy) is 2. The maximum atomic E-state index is 13.9. The van der Waals surface area contributed by atoms with E-state index in [1.54, 1.807) is 13.2 Å². The van der Waals surface area contributed by atoms with E-state index in [0.29, 0.717) is 36.9 Å². The van der Waals surface area contributed by atoms with Crippen LogP contribution in [0.4, 0.5) is 13.2 Å². The molecule has 3 aromatic carbocycles. The summed E-state index contributed by atoms with van der Waals surface area (Å²) < 4.78 is 52.6. The van der Waals surface area contributed by atoms with Crippen LogP contribution < -0.4 is 14.8 Å². The molecule has 1 atom stereocenters. The highest BCUT2D eigenvalue weighted by molar-refractivity contribution is 5.73. The minimum absolute atomic E-state index is 0.00538. The van der Waals surface area contributed by atoms with Crippen LogP contribution in [0, 0.1) is 0 Å². The van der Waals surface area contributed by atoms with Crippen molar-refractivity contribution < 1.29 is 32.5 Å². The zero-order valence-electron chi connectivity index (χ0n) is 22.8. The van der Waals surface area contributed by atoms with Crippen LogP contribution in [0.3, 0.4) is 0 Å². The third-order valence-electron chi connectivity index (χ3n) is 6.81. The highest BCUT2D eigenvalue weighted by Crippen LogP contribution is 2.38. The molecule has 0 spiro atoms. The number of alkyl halides is 3. The highest BCUT2D eigenvalue weighted by Gasteiger charge is 2.32. The molecule has 39 heavy (non-hydrogen) atoms. The number of hydrogen-bond donors (Lipinski definition) is 2. The maximum absolute atomic E-state index is 13.9. The molecule has 0 heterocycles. The summed E-state index contributed by atoms with van der Waals surface area (Å²) in [6, 6.07) is 15.2. The Morgan fingerprint density at radius 1 is 1.00 bits per heavy atom. The van der Waals surface area contributed by atoms with Gasteiger partial charge in [0.05, 0.1) is 12.7 Å². The fourth-order valence-electron chi connectivity index (χ4n) is 4.76. The molecule has 0 unspecified atom stereocenters. The number of carboxylic acid groups (broad SMARTS) is 1. The Hall–Kier alpha value is -3.52. The van der Waals surface area contributed by atoms with E-state index in [-0.39, 0.29) is 24.8 Å². The first kappa shape index (κ1) is 30.0. The smallest absolute Gasteiger partial charge is 0.416 e. The molecule has 0 aliphatic rings. The zero-order chi connectivity index (χ0) is 28.6. The quantitative estimate of drug-likeness (QED) is 0.222. The number of aliphatic carboxylic acids is 1. The van der Waals surface area contributed by atoms with Crippen molar-refractivity contribution in [1.82, 2.24) is 5.32 Å². The van der Waals surface area contributed by atoms with Crippen molar-refractivity contribution in [3.8, 4) is 22.6 Å². The summed E-state index contributed by atoms with van der Waals surface area (Å²) in [5.74, 6) is -0.0311. The summed E-state index contributed by atoms with van der Waals surface area (Å²) in [4.78, 5) is 11.3. The van der Waals surface area contributed by atoms with E-state index in [1.807, 2.05) is 57.2 Å². The number of methoxy groups -OCH3 is 1. The van der Waals surface area contributed by atoms with Gasteiger partial charge in [-0.3, -0.25) is 4.79 Å². The Morgan fingerprint density at radius 3 is 2.41 bits per heavy atom. The van der Waals surface area contributed by atoms with E-state index in [9.17, 15) is 23.1 Å². The first-order valence-corrected chi connectivity index (χ1v) is 13.2. The Morgan fingerprint density at radius 2 is 1.77 bits per heavy atom. The molecule has 210 valence electrons. The van der Waals surface area contributed by atoms with Crippen molar-refractivity contribution in [2.24, 2.45) is 0 Å². The number of nitrogens with one attached hydrogen (secondary N) is 1. The molecule has 0 aliphatic heterocycles. The van der Waals surface area contributed by atoms with Crippen molar-refractivity contribution in [3.63, 3.8) is 0 Å². The maximum Gasteiger partial charge on any atom is 0.416 e. The second-order valence-corrected chi connectivity index (χ2v) is 9.37. The zero-order valence-corrected chi connectivity index (χ0v) is 22.8. The van der Waals surface area contributed by atoms with E-state index in [0.717, 1.165) is 40.1 Å². The largest absolute Gasteiger partial charge is 0.497 e. The van der Waals surface area contributed by atoms with Gasteiger partial charge in [0.1, 0.15) is 18.1 Å². The van der Waals surface area contributed by atoms with Crippen LogP contribution in [0.1, 0.15) is 61.1 Å². The SMILES string of the molecule is CCc1ccc(-c2cc(OCCN[C@H](C)c3cccc(OC)c3)cc(C(F)(F)F)c2)c(CC)c1CCC(=O)O. The third-order valence-corrected chi connectivity index (χ3v) is 6.81. The molecule has 8 heteroatoms. The van der Waals surface area contributed by atoms with Crippen molar-refractivity contribution in [2.75, 3.05) is 20.3 Å². The number of halogens is 3. The molecule has 3 aromatic rings. The second-order valence-electron chi connectivity index (χ2n) is 9.37. The molecule has 0 aliphatic carbocycles. The fraction of sp³-hybridized carbons (Fsp3) is 0.387. The average molecular weight is 544 g/mol. The van der Waals surface area contributed by atoms with Crippen LogP contribution in [0.25, 0.3) is 11.1 Å². The molecular formula is C31H36F3NO4. The van der Waals surface area contributed by atoms with E-state index in [1.165, 1.54) is 0 Å². The number of rotatable bonds is 13. The van der Waals surface area contributed by atoms with Crippen LogP contribution in [0.5, 0.6) is 11.5 Å². The summed E-state index contributed by atoms with van der Waals surface area (Å²) >= 11 is 0.